The molecule has 1 aliphatic rings. The van der Waals surface area contributed by atoms with Crippen molar-refractivity contribution in [3.63, 3.8) is 0 Å². The number of nitrogens with zero attached hydrogens (tertiary/aromatic N) is 2. The van der Waals surface area contributed by atoms with E-state index in [0.717, 1.165) is 16.5 Å². The number of hydrogen-bond acceptors (Lipinski definition) is 7. The van der Waals surface area contributed by atoms with E-state index in [0.29, 0.717) is 34.9 Å². The Morgan fingerprint density at radius 1 is 1.06 bits per heavy atom. The zero-order chi connectivity index (χ0) is 23.8. The molecule has 1 aromatic heterocycles. The van der Waals surface area contributed by atoms with E-state index in [1.165, 1.54) is 7.11 Å². The maximum atomic E-state index is 11.8. The maximum Gasteiger partial charge on any atom is 0.233 e. The molecule has 170 valence electrons. The van der Waals surface area contributed by atoms with Crippen molar-refractivity contribution in [3.05, 3.63) is 59.8 Å². The van der Waals surface area contributed by atoms with Crippen LogP contribution in [0.4, 0.5) is 0 Å². The predicted molar refractivity (Wildman–Crippen MR) is 122 cm³/mol. The summed E-state index contributed by atoms with van der Waals surface area (Å²) in [6.07, 6.45) is 1.97. The summed E-state index contributed by atoms with van der Waals surface area (Å²) >= 11 is 0. The Labute approximate surface area is 190 Å². The number of ether oxygens (including phenoxy) is 2. The van der Waals surface area contributed by atoms with E-state index >= 15 is 0 Å². The summed E-state index contributed by atoms with van der Waals surface area (Å²) < 4.78 is 11.6. The number of hydrogen-bond donors (Lipinski definition) is 2. The Bertz CT molecular complexity index is 1260. The molecular formula is C24H24N4O5. The van der Waals surface area contributed by atoms with Crippen molar-refractivity contribution in [3.8, 4) is 17.2 Å². The van der Waals surface area contributed by atoms with Gasteiger partial charge in [-0.05, 0) is 43.2 Å². The summed E-state index contributed by atoms with van der Waals surface area (Å²) in [7, 11) is 3.06. The summed E-state index contributed by atoms with van der Waals surface area (Å²) in [5, 5.41) is 4.77. The molecule has 1 atom stereocenters. The zero-order valence-corrected chi connectivity index (χ0v) is 18.5. The van der Waals surface area contributed by atoms with Crippen LogP contribution in [0.5, 0.6) is 17.2 Å². The van der Waals surface area contributed by atoms with Crippen LogP contribution in [0.3, 0.4) is 0 Å². The van der Waals surface area contributed by atoms with E-state index < -0.39 is 17.2 Å². The number of methoxy groups -OCH3 is 1. The lowest BCUT2D eigenvalue weighted by Gasteiger charge is -2.13. The fraction of sp³-hybridized carbons (Fsp3) is 0.250. The van der Waals surface area contributed by atoms with Crippen LogP contribution < -0.4 is 20.9 Å². The largest absolute Gasteiger partial charge is 0.496 e. The molecule has 1 heterocycles. The van der Waals surface area contributed by atoms with Gasteiger partial charge in [-0.25, -0.2) is 0 Å². The van der Waals surface area contributed by atoms with Crippen molar-refractivity contribution in [2.24, 2.45) is 22.0 Å². The third kappa shape index (κ3) is 3.82. The first-order chi connectivity index (χ1) is 15.8. The number of amides is 2. The van der Waals surface area contributed by atoms with Gasteiger partial charge in [-0.15, -0.1) is 0 Å². The van der Waals surface area contributed by atoms with Gasteiger partial charge in [0, 0.05) is 29.1 Å². The molecule has 4 rings (SSSR count). The Morgan fingerprint density at radius 2 is 1.76 bits per heavy atom. The van der Waals surface area contributed by atoms with Gasteiger partial charge in [0.05, 0.1) is 18.3 Å². The van der Waals surface area contributed by atoms with Crippen LogP contribution in [-0.2, 0) is 14.4 Å². The number of carbonyl (C=O) groups is 2. The Balaban J connectivity index is 1.64. The molecule has 9 heteroatoms. The zero-order valence-electron chi connectivity index (χ0n) is 18.5. The topological polar surface area (TPSA) is 139 Å². The Morgan fingerprint density at radius 3 is 2.33 bits per heavy atom. The number of rotatable bonds is 8. The number of carbonyl (C=O) groups excluding carboxylic acids is 2. The summed E-state index contributed by atoms with van der Waals surface area (Å²) in [5.74, 6) is 0.0875. The molecule has 33 heavy (non-hydrogen) atoms. The fourth-order valence-corrected chi connectivity index (χ4v) is 4.10. The van der Waals surface area contributed by atoms with Gasteiger partial charge in [0.15, 0.2) is 0 Å². The summed E-state index contributed by atoms with van der Waals surface area (Å²) in [6.45, 7) is 1.82. The molecule has 0 radical (unpaired) electrons. The fourth-order valence-electron chi connectivity index (χ4n) is 4.10. The quantitative estimate of drug-likeness (QED) is 0.309. The second-order valence-corrected chi connectivity index (χ2v) is 7.87. The lowest BCUT2D eigenvalue weighted by molar-refractivity contribution is -0.133. The van der Waals surface area contributed by atoms with Crippen molar-refractivity contribution in [2.45, 2.75) is 19.3 Å². The second-order valence-electron chi connectivity index (χ2n) is 7.87. The van der Waals surface area contributed by atoms with E-state index in [1.54, 1.807) is 43.6 Å². The van der Waals surface area contributed by atoms with Gasteiger partial charge in [0.2, 0.25) is 11.8 Å². The van der Waals surface area contributed by atoms with Gasteiger partial charge in [-0.2, -0.15) is 0 Å². The molecule has 1 saturated carbocycles. The number of benzene rings is 2. The molecule has 1 aliphatic carbocycles. The average Bonchev–Trinajstić information content (AvgIpc) is 3.57. The molecule has 4 N–H and O–H groups in total. The molecule has 2 aromatic carbocycles. The van der Waals surface area contributed by atoms with E-state index in [2.05, 4.69) is 10.1 Å². The molecular weight excluding hydrogens is 424 g/mol. The van der Waals surface area contributed by atoms with Crippen LogP contribution >= 0.6 is 0 Å². The van der Waals surface area contributed by atoms with Crippen LogP contribution in [0, 0.1) is 5.41 Å². The third-order valence-corrected chi connectivity index (χ3v) is 5.99. The summed E-state index contributed by atoms with van der Waals surface area (Å²) in [5.41, 5.74) is 12.4. The molecule has 0 bridgehead atoms. The predicted octanol–water partition coefficient (Wildman–Crippen LogP) is 2.85. The van der Waals surface area contributed by atoms with Gasteiger partial charge >= 0.3 is 0 Å². The molecule has 0 spiro atoms. The second kappa shape index (κ2) is 8.42. The number of nitrogens with two attached hydrogens (primary N) is 2. The van der Waals surface area contributed by atoms with E-state index in [-0.39, 0.29) is 5.92 Å². The minimum absolute atomic E-state index is 0.318. The SMILES string of the molecule is CO/N=C(/C)c1cc2c(Oc3ccc(C4CC4(C(N)=O)C(N)=O)cc3)ccnc2cc1OC. The van der Waals surface area contributed by atoms with Crippen LogP contribution in [-0.4, -0.2) is 36.7 Å². The average molecular weight is 448 g/mol. The first kappa shape index (κ1) is 22.1. The highest BCUT2D eigenvalue weighted by Crippen LogP contribution is 2.59. The van der Waals surface area contributed by atoms with E-state index in [9.17, 15) is 9.59 Å². The standard InChI is InChI=1S/C24H24N4O5/c1-13(28-32-3)16-10-17-19(11-21(16)31-2)27-9-8-20(17)33-15-6-4-14(5-7-15)18-12-24(18,22(25)29)23(26)30/h4-11,18H,12H2,1-3H3,(H2,25,29)(H2,26,30)/b28-13-. The number of aromatic nitrogens is 1. The first-order valence-corrected chi connectivity index (χ1v) is 10.2. The highest BCUT2D eigenvalue weighted by Gasteiger charge is 2.64. The van der Waals surface area contributed by atoms with Crippen molar-refractivity contribution in [2.75, 3.05) is 14.2 Å². The summed E-state index contributed by atoms with van der Waals surface area (Å²) in [6, 6.07) is 12.6. The van der Waals surface area contributed by atoms with Gasteiger partial charge in [0.25, 0.3) is 0 Å². The van der Waals surface area contributed by atoms with E-state index in [4.69, 9.17) is 25.8 Å². The van der Waals surface area contributed by atoms with Crippen molar-refractivity contribution in [1.82, 2.24) is 4.98 Å². The number of primary amides is 2. The number of oxime groups is 1. The summed E-state index contributed by atoms with van der Waals surface area (Å²) in [4.78, 5) is 32.9. The molecule has 0 aliphatic heterocycles. The lowest BCUT2D eigenvalue weighted by Crippen LogP contribution is -2.38. The van der Waals surface area contributed by atoms with Crippen molar-refractivity contribution < 1.29 is 23.9 Å². The highest BCUT2D eigenvalue weighted by atomic mass is 16.6. The molecule has 9 nitrogen and oxygen atoms in total. The van der Waals surface area contributed by atoms with Gasteiger partial charge in [-0.1, -0.05) is 17.3 Å². The van der Waals surface area contributed by atoms with Crippen LogP contribution in [0.1, 0.15) is 30.4 Å². The van der Waals surface area contributed by atoms with Crippen molar-refractivity contribution >= 4 is 28.4 Å². The molecule has 0 saturated heterocycles. The monoisotopic (exact) mass is 448 g/mol. The number of fused-ring (bicyclic) bond motifs is 1. The highest BCUT2D eigenvalue weighted by molar-refractivity contribution is 6.08. The molecule has 1 unspecified atom stereocenters. The van der Waals surface area contributed by atoms with Gasteiger partial charge in [0.1, 0.15) is 29.8 Å². The van der Waals surface area contributed by atoms with Crippen molar-refractivity contribution in [1.29, 1.82) is 0 Å². The molecule has 1 fully saturated rings. The van der Waals surface area contributed by atoms with E-state index in [1.807, 2.05) is 19.1 Å². The smallest absolute Gasteiger partial charge is 0.233 e. The van der Waals surface area contributed by atoms with Gasteiger partial charge in [-0.3, -0.25) is 14.6 Å². The van der Waals surface area contributed by atoms with Gasteiger partial charge < -0.3 is 25.8 Å². The third-order valence-electron chi connectivity index (χ3n) is 5.99. The van der Waals surface area contributed by atoms with Crippen LogP contribution in [0.25, 0.3) is 10.9 Å². The minimum Gasteiger partial charge on any atom is -0.496 e. The molecule has 2 amide bonds. The van der Waals surface area contributed by atoms with Crippen LogP contribution in [0.15, 0.2) is 53.8 Å². The minimum atomic E-state index is -1.30. The Kier molecular flexibility index (Phi) is 5.63. The maximum absolute atomic E-state index is 11.8. The van der Waals surface area contributed by atoms with Crippen LogP contribution in [0.2, 0.25) is 0 Å². The number of pyridine rings is 1. The normalized spacial score (nSPS) is 16.8. The first-order valence-electron chi connectivity index (χ1n) is 10.2. The lowest BCUT2D eigenvalue weighted by atomic mass is 9.97. The molecule has 3 aromatic rings. The Hall–Kier alpha value is -4.14.